The summed E-state index contributed by atoms with van der Waals surface area (Å²) in [5, 5.41) is 5.89. The Balaban J connectivity index is 1.83. The molecule has 202 valence electrons. The molecule has 1 aromatic carbocycles. The number of fused-ring (bicyclic) bond motifs is 1. The largest absolute Gasteiger partial charge is 0.355 e. The lowest BCUT2D eigenvalue weighted by molar-refractivity contribution is -0.129. The van der Waals surface area contributed by atoms with Crippen molar-refractivity contribution in [3.05, 3.63) is 45.8 Å². The predicted octanol–water partition coefficient (Wildman–Crippen LogP) is 3.86. The highest BCUT2D eigenvalue weighted by Gasteiger charge is 2.29. The average Bonchev–Trinajstić information content (AvgIpc) is 3.25. The van der Waals surface area contributed by atoms with Crippen molar-refractivity contribution < 1.29 is 22.8 Å². The van der Waals surface area contributed by atoms with E-state index in [1.807, 2.05) is 13.8 Å². The number of nitrogens with zero attached hydrogens (tertiary/aromatic N) is 2. The van der Waals surface area contributed by atoms with E-state index in [1.165, 1.54) is 53.9 Å². The molecule has 0 bridgehead atoms. The van der Waals surface area contributed by atoms with Crippen LogP contribution in [0.15, 0.2) is 29.2 Å². The van der Waals surface area contributed by atoms with Gasteiger partial charge in [-0.05, 0) is 49.1 Å². The van der Waals surface area contributed by atoms with E-state index >= 15 is 0 Å². The van der Waals surface area contributed by atoms with Gasteiger partial charge in [0.25, 0.3) is 11.8 Å². The Morgan fingerprint density at radius 1 is 1.03 bits per heavy atom. The molecule has 0 spiro atoms. The molecule has 0 fully saturated rings. The van der Waals surface area contributed by atoms with Gasteiger partial charge < -0.3 is 15.5 Å². The van der Waals surface area contributed by atoms with E-state index < -0.39 is 15.9 Å². The molecule has 3 rings (SSSR count). The molecule has 37 heavy (non-hydrogen) atoms. The second-order valence-electron chi connectivity index (χ2n) is 9.07. The van der Waals surface area contributed by atoms with Crippen LogP contribution >= 0.6 is 11.3 Å². The van der Waals surface area contributed by atoms with Crippen molar-refractivity contribution in [2.75, 3.05) is 32.0 Å². The zero-order valence-electron chi connectivity index (χ0n) is 21.9. The Morgan fingerprint density at radius 2 is 1.65 bits per heavy atom. The zero-order chi connectivity index (χ0) is 27.2. The SMILES string of the molecule is CCCCN(CCCC)S(=O)(=O)c1ccc(C(=O)Nc2sc3c(c2C(=O)NC)CCN(C(C)=O)C3)cc1. The van der Waals surface area contributed by atoms with Gasteiger partial charge in [0.2, 0.25) is 15.9 Å². The number of rotatable bonds is 11. The normalized spacial score (nSPS) is 13.4. The standard InChI is InChI=1S/C26H36N4O5S2/c1-5-7-14-30(15-8-6-2)37(34,35)20-11-9-19(10-12-20)24(32)28-26-23(25(33)27-4)21-13-16-29(18(3)31)17-22(21)36-26/h9-12H,5-8,13-17H2,1-4H3,(H,27,33)(H,28,32). The fourth-order valence-corrected chi connectivity index (χ4v) is 7.02. The smallest absolute Gasteiger partial charge is 0.256 e. The monoisotopic (exact) mass is 548 g/mol. The molecule has 2 heterocycles. The second-order valence-corrected chi connectivity index (χ2v) is 12.1. The minimum atomic E-state index is -3.66. The molecule has 9 nitrogen and oxygen atoms in total. The number of amides is 3. The van der Waals surface area contributed by atoms with Crippen LogP contribution < -0.4 is 10.6 Å². The lowest BCUT2D eigenvalue weighted by atomic mass is 10.0. The number of carbonyl (C=O) groups excluding carboxylic acids is 3. The maximum absolute atomic E-state index is 13.2. The number of benzene rings is 1. The van der Waals surface area contributed by atoms with Crippen molar-refractivity contribution in [3.63, 3.8) is 0 Å². The molecule has 0 atom stereocenters. The van der Waals surface area contributed by atoms with Crippen LogP contribution in [0.2, 0.25) is 0 Å². The molecule has 2 aromatic rings. The van der Waals surface area contributed by atoms with E-state index in [1.54, 1.807) is 4.90 Å². The van der Waals surface area contributed by atoms with Gasteiger partial charge in [0.05, 0.1) is 17.0 Å². The van der Waals surface area contributed by atoms with Crippen LogP contribution in [-0.2, 0) is 27.8 Å². The van der Waals surface area contributed by atoms with E-state index in [-0.39, 0.29) is 22.3 Å². The molecule has 0 saturated heterocycles. The van der Waals surface area contributed by atoms with Gasteiger partial charge in [-0.3, -0.25) is 14.4 Å². The Morgan fingerprint density at radius 3 is 2.19 bits per heavy atom. The van der Waals surface area contributed by atoms with Crippen molar-refractivity contribution in [2.24, 2.45) is 0 Å². The van der Waals surface area contributed by atoms with Crippen LogP contribution in [0.1, 0.15) is 77.6 Å². The Hall–Kier alpha value is -2.76. The fourth-order valence-electron chi connectivity index (χ4n) is 4.25. The summed E-state index contributed by atoms with van der Waals surface area (Å²) in [6.07, 6.45) is 3.89. The molecule has 1 aliphatic heterocycles. The number of carbonyl (C=O) groups is 3. The van der Waals surface area contributed by atoms with Crippen LogP contribution in [0, 0.1) is 0 Å². The number of nitrogens with one attached hydrogen (secondary N) is 2. The van der Waals surface area contributed by atoms with E-state index in [0.717, 1.165) is 36.1 Å². The number of unbranched alkanes of at least 4 members (excludes halogenated alkanes) is 2. The van der Waals surface area contributed by atoms with Crippen LogP contribution in [-0.4, -0.2) is 62.0 Å². The van der Waals surface area contributed by atoms with Gasteiger partial charge >= 0.3 is 0 Å². The Bertz CT molecular complexity index is 1230. The highest BCUT2D eigenvalue weighted by molar-refractivity contribution is 7.89. The topological polar surface area (TPSA) is 116 Å². The fraction of sp³-hybridized carbons (Fsp3) is 0.500. The molecule has 0 radical (unpaired) electrons. The molecular weight excluding hydrogens is 512 g/mol. The zero-order valence-corrected chi connectivity index (χ0v) is 23.6. The Labute approximate surface area is 223 Å². The second kappa shape index (κ2) is 12.7. The highest BCUT2D eigenvalue weighted by atomic mass is 32.2. The van der Waals surface area contributed by atoms with E-state index in [2.05, 4.69) is 10.6 Å². The van der Waals surface area contributed by atoms with Crippen LogP contribution in [0.3, 0.4) is 0 Å². The molecule has 3 amide bonds. The molecule has 0 aliphatic carbocycles. The number of hydrogen-bond acceptors (Lipinski definition) is 6. The van der Waals surface area contributed by atoms with Gasteiger partial charge in [-0.15, -0.1) is 11.3 Å². The molecule has 11 heteroatoms. The summed E-state index contributed by atoms with van der Waals surface area (Å²) >= 11 is 1.29. The van der Waals surface area contributed by atoms with Crippen LogP contribution in [0.25, 0.3) is 0 Å². The van der Waals surface area contributed by atoms with Crippen molar-refractivity contribution in [3.8, 4) is 0 Å². The van der Waals surface area contributed by atoms with Gasteiger partial charge in [0.1, 0.15) is 5.00 Å². The third-order valence-electron chi connectivity index (χ3n) is 6.46. The minimum Gasteiger partial charge on any atom is -0.355 e. The van der Waals surface area contributed by atoms with Gasteiger partial charge in [-0.2, -0.15) is 4.31 Å². The van der Waals surface area contributed by atoms with Crippen molar-refractivity contribution >= 4 is 44.1 Å². The lowest BCUT2D eigenvalue weighted by Gasteiger charge is -2.25. The van der Waals surface area contributed by atoms with Crippen molar-refractivity contribution in [1.82, 2.24) is 14.5 Å². The van der Waals surface area contributed by atoms with Gasteiger partial charge in [0.15, 0.2) is 0 Å². The van der Waals surface area contributed by atoms with Crippen molar-refractivity contribution in [2.45, 2.75) is 64.3 Å². The third kappa shape index (κ3) is 6.58. The molecular formula is C26H36N4O5S2. The summed E-state index contributed by atoms with van der Waals surface area (Å²) in [5.74, 6) is -0.779. The highest BCUT2D eigenvalue weighted by Crippen LogP contribution is 2.37. The first-order chi connectivity index (χ1) is 17.6. The maximum Gasteiger partial charge on any atom is 0.256 e. The first kappa shape index (κ1) is 28.8. The summed E-state index contributed by atoms with van der Waals surface area (Å²) in [7, 11) is -2.13. The minimum absolute atomic E-state index is 0.0378. The Kier molecular flexibility index (Phi) is 9.86. The van der Waals surface area contributed by atoms with Crippen LogP contribution in [0.5, 0.6) is 0 Å². The first-order valence-electron chi connectivity index (χ1n) is 12.7. The molecule has 1 aliphatic rings. The van der Waals surface area contributed by atoms with Gasteiger partial charge in [-0.1, -0.05) is 26.7 Å². The summed E-state index contributed by atoms with van der Waals surface area (Å²) in [6.45, 7) is 7.40. The predicted molar refractivity (Wildman–Crippen MR) is 145 cm³/mol. The lowest BCUT2D eigenvalue weighted by Crippen LogP contribution is -2.34. The quantitative estimate of drug-likeness (QED) is 0.443. The molecule has 0 unspecified atom stereocenters. The average molecular weight is 549 g/mol. The summed E-state index contributed by atoms with van der Waals surface area (Å²) in [5.41, 5.74) is 1.55. The van der Waals surface area contributed by atoms with E-state index in [0.29, 0.717) is 43.2 Å². The summed E-state index contributed by atoms with van der Waals surface area (Å²) in [6, 6.07) is 5.90. The van der Waals surface area contributed by atoms with Gasteiger partial charge in [-0.25, -0.2) is 8.42 Å². The van der Waals surface area contributed by atoms with Crippen molar-refractivity contribution in [1.29, 1.82) is 0 Å². The van der Waals surface area contributed by atoms with E-state index in [9.17, 15) is 22.8 Å². The first-order valence-corrected chi connectivity index (χ1v) is 14.9. The third-order valence-corrected chi connectivity index (χ3v) is 9.50. The number of anilines is 1. The number of hydrogen-bond donors (Lipinski definition) is 2. The summed E-state index contributed by atoms with van der Waals surface area (Å²) < 4.78 is 27.9. The van der Waals surface area contributed by atoms with Gasteiger partial charge in [0, 0.05) is 44.0 Å². The van der Waals surface area contributed by atoms with Crippen LogP contribution in [0.4, 0.5) is 5.00 Å². The maximum atomic E-state index is 13.2. The molecule has 1 aromatic heterocycles. The number of thiophene rings is 1. The number of sulfonamides is 1. The molecule has 0 saturated carbocycles. The molecule has 2 N–H and O–H groups in total. The van der Waals surface area contributed by atoms with E-state index in [4.69, 9.17) is 0 Å². The summed E-state index contributed by atoms with van der Waals surface area (Å²) in [4.78, 5) is 40.3.